The van der Waals surface area contributed by atoms with Crippen LogP contribution in [-0.2, 0) is 9.59 Å². The molecular formula is C14H23N3O4. The van der Waals surface area contributed by atoms with Crippen molar-refractivity contribution in [1.82, 2.24) is 15.5 Å². The van der Waals surface area contributed by atoms with Crippen molar-refractivity contribution in [3.05, 3.63) is 0 Å². The van der Waals surface area contributed by atoms with Gasteiger partial charge in [-0.25, -0.2) is 9.59 Å². The van der Waals surface area contributed by atoms with Crippen molar-refractivity contribution in [1.29, 1.82) is 0 Å². The Labute approximate surface area is 124 Å². The first-order chi connectivity index (χ1) is 10.0. The summed E-state index contributed by atoms with van der Waals surface area (Å²) in [5.41, 5.74) is -1.11. The number of carbonyl (C=O) groups is 3. The molecule has 2 rings (SSSR count). The van der Waals surface area contributed by atoms with Gasteiger partial charge in [-0.15, -0.1) is 0 Å². The molecule has 3 N–H and O–H groups in total. The minimum absolute atomic E-state index is 0.0478. The summed E-state index contributed by atoms with van der Waals surface area (Å²) in [5, 5.41) is 14.2. The number of rotatable bonds is 5. The molecule has 0 spiro atoms. The summed E-state index contributed by atoms with van der Waals surface area (Å²) < 4.78 is 0. The smallest absolute Gasteiger partial charge is 0.329 e. The summed E-state index contributed by atoms with van der Waals surface area (Å²) in [4.78, 5) is 36.6. The van der Waals surface area contributed by atoms with E-state index in [0.717, 1.165) is 32.4 Å². The molecule has 0 unspecified atom stereocenters. The van der Waals surface area contributed by atoms with E-state index in [-0.39, 0.29) is 18.9 Å². The Morgan fingerprint density at radius 1 is 1.05 bits per heavy atom. The normalized spacial score (nSPS) is 20.3. The standard InChI is InChI=1S/C14H23N3O4/c18-11(17-9-2-1-3-10-17)5-8-15-13(21)16-14(12(19)20)6-4-7-14/h1-10H2,(H,19,20)(H2,15,16,21). The van der Waals surface area contributed by atoms with Crippen molar-refractivity contribution in [3.63, 3.8) is 0 Å². The van der Waals surface area contributed by atoms with Crippen LogP contribution >= 0.6 is 0 Å². The number of carboxylic acids is 1. The number of aliphatic carboxylic acids is 1. The lowest BCUT2D eigenvalue weighted by Crippen LogP contribution is -2.61. The molecule has 0 atom stereocenters. The third kappa shape index (κ3) is 3.86. The molecule has 1 saturated carbocycles. The number of piperidine rings is 1. The van der Waals surface area contributed by atoms with Crippen molar-refractivity contribution < 1.29 is 19.5 Å². The van der Waals surface area contributed by atoms with Crippen LogP contribution < -0.4 is 10.6 Å². The molecule has 0 aromatic rings. The van der Waals surface area contributed by atoms with Gasteiger partial charge in [0.25, 0.3) is 0 Å². The Bertz CT molecular complexity index is 414. The number of nitrogens with zero attached hydrogens (tertiary/aromatic N) is 1. The fourth-order valence-corrected chi connectivity index (χ4v) is 2.77. The third-order valence-electron chi connectivity index (χ3n) is 4.30. The van der Waals surface area contributed by atoms with Crippen molar-refractivity contribution in [2.45, 2.75) is 50.5 Å². The van der Waals surface area contributed by atoms with E-state index in [1.54, 1.807) is 0 Å². The molecule has 21 heavy (non-hydrogen) atoms. The fourth-order valence-electron chi connectivity index (χ4n) is 2.77. The zero-order chi connectivity index (χ0) is 15.3. The van der Waals surface area contributed by atoms with Crippen LogP contribution in [0.2, 0.25) is 0 Å². The number of hydrogen-bond acceptors (Lipinski definition) is 3. The van der Waals surface area contributed by atoms with Gasteiger partial charge in [-0.2, -0.15) is 0 Å². The first-order valence-electron chi connectivity index (χ1n) is 7.61. The summed E-state index contributed by atoms with van der Waals surface area (Å²) in [6.07, 6.45) is 5.24. The highest BCUT2D eigenvalue weighted by Crippen LogP contribution is 2.31. The molecule has 0 aromatic heterocycles. The van der Waals surface area contributed by atoms with Gasteiger partial charge in [0.05, 0.1) is 0 Å². The van der Waals surface area contributed by atoms with Crippen LogP contribution in [0.4, 0.5) is 4.79 Å². The molecule has 1 heterocycles. The van der Waals surface area contributed by atoms with E-state index in [2.05, 4.69) is 10.6 Å². The summed E-state index contributed by atoms with van der Waals surface area (Å²) in [6.45, 7) is 1.83. The predicted molar refractivity (Wildman–Crippen MR) is 75.8 cm³/mol. The second kappa shape index (κ2) is 6.78. The lowest BCUT2D eigenvalue weighted by molar-refractivity contribution is -0.148. The van der Waals surface area contributed by atoms with Gasteiger partial charge in [0.1, 0.15) is 5.54 Å². The molecule has 7 nitrogen and oxygen atoms in total. The Morgan fingerprint density at radius 3 is 2.24 bits per heavy atom. The number of carbonyl (C=O) groups excluding carboxylic acids is 2. The molecule has 7 heteroatoms. The first-order valence-corrected chi connectivity index (χ1v) is 7.61. The van der Waals surface area contributed by atoms with Crippen LogP contribution in [0, 0.1) is 0 Å². The summed E-state index contributed by atoms with van der Waals surface area (Å²) in [6, 6.07) is -0.511. The maximum atomic E-state index is 11.9. The minimum atomic E-state index is -1.11. The Morgan fingerprint density at radius 2 is 1.71 bits per heavy atom. The topological polar surface area (TPSA) is 98.7 Å². The van der Waals surface area contributed by atoms with Crippen molar-refractivity contribution in [2.75, 3.05) is 19.6 Å². The van der Waals surface area contributed by atoms with E-state index in [9.17, 15) is 14.4 Å². The molecule has 1 aliphatic carbocycles. The van der Waals surface area contributed by atoms with E-state index in [0.29, 0.717) is 12.8 Å². The molecule has 3 amide bonds. The number of hydrogen-bond donors (Lipinski definition) is 3. The molecule has 1 saturated heterocycles. The van der Waals surface area contributed by atoms with Gasteiger partial charge >= 0.3 is 12.0 Å². The molecule has 118 valence electrons. The van der Waals surface area contributed by atoms with Crippen LogP contribution in [0.5, 0.6) is 0 Å². The number of carboxylic acid groups (broad SMARTS) is 1. The summed E-state index contributed by atoms with van der Waals surface area (Å²) >= 11 is 0. The maximum Gasteiger partial charge on any atom is 0.329 e. The Hall–Kier alpha value is -1.79. The molecule has 1 aliphatic heterocycles. The lowest BCUT2D eigenvalue weighted by Gasteiger charge is -2.38. The summed E-state index contributed by atoms with van der Waals surface area (Å²) in [7, 11) is 0. The van der Waals surface area contributed by atoms with Gasteiger partial charge < -0.3 is 20.6 Å². The monoisotopic (exact) mass is 297 g/mol. The minimum Gasteiger partial charge on any atom is -0.480 e. The highest BCUT2D eigenvalue weighted by atomic mass is 16.4. The SMILES string of the molecule is O=C(NCCC(=O)N1CCCCC1)NC1(C(=O)O)CCC1. The van der Waals surface area contributed by atoms with Gasteiger partial charge in [0.15, 0.2) is 0 Å². The maximum absolute atomic E-state index is 11.9. The molecule has 2 aliphatic rings. The van der Waals surface area contributed by atoms with E-state index in [4.69, 9.17) is 5.11 Å². The first kappa shape index (κ1) is 15.6. The average molecular weight is 297 g/mol. The largest absolute Gasteiger partial charge is 0.480 e. The number of amides is 3. The fraction of sp³-hybridized carbons (Fsp3) is 0.786. The van der Waals surface area contributed by atoms with E-state index < -0.39 is 17.5 Å². The highest BCUT2D eigenvalue weighted by Gasteiger charge is 2.45. The van der Waals surface area contributed by atoms with E-state index in [1.165, 1.54) is 6.42 Å². The van der Waals surface area contributed by atoms with Crippen LogP contribution in [0.25, 0.3) is 0 Å². The van der Waals surface area contributed by atoms with Crippen LogP contribution in [0.1, 0.15) is 44.9 Å². The van der Waals surface area contributed by atoms with Crippen molar-refractivity contribution in [3.8, 4) is 0 Å². The van der Waals surface area contributed by atoms with E-state index in [1.807, 2.05) is 4.90 Å². The van der Waals surface area contributed by atoms with Crippen LogP contribution in [0.3, 0.4) is 0 Å². The van der Waals surface area contributed by atoms with Gasteiger partial charge in [-0.1, -0.05) is 0 Å². The average Bonchev–Trinajstić information content (AvgIpc) is 2.43. The lowest BCUT2D eigenvalue weighted by atomic mass is 9.77. The number of urea groups is 1. The van der Waals surface area contributed by atoms with Gasteiger partial charge in [0, 0.05) is 26.1 Å². The zero-order valence-electron chi connectivity index (χ0n) is 12.2. The third-order valence-corrected chi connectivity index (χ3v) is 4.30. The number of likely N-dealkylation sites (tertiary alicyclic amines) is 1. The van der Waals surface area contributed by atoms with Gasteiger partial charge in [-0.05, 0) is 38.5 Å². The molecule has 0 radical (unpaired) electrons. The molecule has 0 aromatic carbocycles. The Balaban J connectivity index is 1.67. The van der Waals surface area contributed by atoms with Crippen LogP contribution in [-0.4, -0.2) is 53.1 Å². The van der Waals surface area contributed by atoms with Crippen molar-refractivity contribution in [2.24, 2.45) is 0 Å². The van der Waals surface area contributed by atoms with Crippen LogP contribution in [0.15, 0.2) is 0 Å². The zero-order valence-corrected chi connectivity index (χ0v) is 12.2. The molecule has 0 bridgehead atoms. The van der Waals surface area contributed by atoms with E-state index >= 15 is 0 Å². The number of nitrogens with one attached hydrogen (secondary N) is 2. The predicted octanol–water partition coefficient (Wildman–Crippen LogP) is 0.695. The Kier molecular flexibility index (Phi) is 5.03. The van der Waals surface area contributed by atoms with Gasteiger partial charge in [-0.3, -0.25) is 4.79 Å². The molecular weight excluding hydrogens is 274 g/mol. The second-order valence-electron chi connectivity index (χ2n) is 5.81. The van der Waals surface area contributed by atoms with Crippen molar-refractivity contribution >= 4 is 17.9 Å². The highest BCUT2D eigenvalue weighted by molar-refractivity contribution is 5.87. The quantitative estimate of drug-likeness (QED) is 0.695. The molecule has 2 fully saturated rings. The van der Waals surface area contributed by atoms with Gasteiger partial charge in [0.2, 0.25) is 5.91 Å². The second-order valence-corrected chi connectivity index (χ2v) is 5.81. The summed E-state index contributed by atoms with van der Waals surface area (Å²) in [5.74, 6) is -0.945.